The zero-order chi connectivity index (χ0) is 17.8. The highest BCUT2D eigenvalue weighted by atomic mass is 29.4. The van der Waals surface area contributed by atoms with Gasteiger partial charge in [0.1, 0.15) is 0 Å². The molecular weight excluding hydrogens is 377 g/mol. The van der Waals surface area contributed by atoms with Gasteiger partial charge in [-0.05, 0) is 78.6 Å². The maximum Gasteiger partial charge on any atom is 0.324 e. The molecule has 1 fully saturated rings. The fourth-order valence-corrected chi connectivity index (χ4v) is 54.1. The summed E-state index contributed by atoms with van der Waals surface area (Å²) in [4.78, 5) is 0. The first-order valence-electron chi connectivity index (χ1n) is 8.13. The lowest BCUT2D eigenvalue weighted by Gasteiger charge is -2.58. The van der Waals surface area contributed by atoms with E-state index in [2.05, 4.69) is 78.6 Å². The van der Waals surface area contributed by atoms with E-state index in [1.807, 2.05) is 0 Å². The van der Waals surface area contributed by atoms with Crippen molar-refractivity contribution in [3.8, 4) is 0 Å². The van der Waals surface area contributed by atoms with E-state index in [1.54, 1.807) is 0 Å². The number of hydrogen-bond acceptors (Lipinski definition) is 4. The third-order valence-corrected chi connectivity index (χ3v) is 42.3. The van der Waals surface area contributed by atoms with E-state index in [0.717, 1.165) is 0 Å². The Hall–Kier alpha value is 1.14. The summed E-state index contributed by atoms with van der Waals surface area (Å²) in [6.45, 7) is 27.1. The summed E-state index contributed by atoms with van der Waals surface area (Å²) in [7, 11) is -12.0. The SMILES string of the molecule is C[Si](C)(C)O[Si]1(C)O[Si](C)(C)[Si](C)(O[Si](C)(C)C)O[Si]1(C)C. The van der Waals surface area contributed by atoms with Crippen LogP contribution in [0.4, 0.5) is 0 Å². The second-order valence-corrected chi connectivity index (χ2v) is 43.8. The molecule has 1 saturated heterocycles. The molecule has 4 nitrogen and oxygen atoms in total. The molecule has 0 aliphatic carbocycles. The van der Waals surface area contributed by atoms with Crippen molar-refractivity contribution >= 4 is 48.5 Å². The predicted molar refractivity (Wildman–Crippen MR) is 109 cm³/mol. The van der Waals surface area contributed by atoms with Crippen molar-refractivity contribution in [2.45, 2.75) is 78.6 Å². The van der Waals surface area contributed by atoms with E-state index in [9.17, 15) is 0 Å². The number of hydrogen-bond donors (Lipinski definition) is 0. The fraction of sp³-hybridized carbons (Fsp3) is 1.00. The van der Waals surface area contributed by atoms with E-state index >= 15 is 0 Å². The monoisotopic (exact) mass is 412 g/mol. The highest BCUT2D eigenvalue weighted by Crippen LogP contribution is 2.41. The van der Waals surface area contributed by atoms with Crippen molar-refractivity contribution < 1.29 is 16.5 Å². The van der Waals surface area contributed by atoms with Gasteiger partial charge in [0.25, 0.3) is 0 Å². The van der Waals surface area contributed by atoms with Crippen molar-refractivity contribution in [1.29, 1.82) is 0 Å². The molecule has 1 heterocycles. The molecule has 2 unspecified atom stereocenters. The zero-order valence-corrected chi connectivity index (χ0v) is 22.6. The summed E-state index contributed by atoms with van der Waals surface area (Å²) in [5.74, 6) is 0. The first-order chi connectivity index (χ1) is 9.33. The van der Waals surface area contributed by atoms with Gasteiger partial charge in [0, 0.05) is 0 Å². The second kappa shape index (κ2) is 5.85. The molecule has 0 aromatic carbocycles. The van der Waals surface area contributed by atoms with Crippen LogP contribution < -0.4 is 0 Å². The largest absolute Gasteiger partial charge is 0.437 e. The van der Waals surface area contributed by atoms with Gasteiger partial charge in [0.2, 0.25) is 15.7 Å². The van der Waals surface area contributed by atoms with E-state index < -0.39 is 48.5 Å². The third kappa shape index (κ3) is 4.61. The summed E-state index contributed by atoms with van der Waals surface area (Å²) in [6, 6.07) is 0. The lowest BCUT2D eigenvalue weighted by Crippen LogP contribution is -2.83. The van der Waals surface area contributed by atoms with Gasteiger partial charge >= 0.3 is 16.2 Å². The summed E-state index contributed by atoms with van der Waals surface area (Å²) < 4.78 is 27.1. The van der Waals surface area contributed by atoms with Crippen LogP contribution >= 0.6 is 0 Å². The Labute approximate surface area is 143 Å². The molecule has 1 aliphatic rings. The Balaban J connectivity index is 3.22. The topological polar surface area (TPSA) is 36.9 Å². The third-order valence-electron chi connectivity index (χ3n) is 4.09. The standard InChI is InChI=1S/C12H36O4Si6/c1-17(2,3)13-21(11)15-20(9,10)22(12,14-18(4,5)6)16-19(21,7)8/h1-12H3. The maximum absolute atomic E-state index is 6.90. The fourth-order valence-electron chi connectivity index (χ4n) is 2.86. The molecule has 132 valence electrons. The Bertz CT molecular complexity index is 390. The van der Waals surface area contributed by atoms with Crippen LogP contribution in [0.2, 0.25) is 78.6 Å². The molecular formula is C12H36O4Si6. The van der Waals surface area contributed by atoms with Crippen LogP contribution in [0.25, 0.3) is 0 Å². The van der Waals surface area contributed by atoms with Gasteiger partial charge in [0.05, 0.1) is 0 Å². The molecule has 2 atom stereocenters. The van der Waals surface area contributed by atoms with Crippen molar-refractivity contribution in [2.24, 2.45) is 0 Å². The molecule has 0 bridgehead atoms. The van der Waals surface area contributed by atoms with Crippen LogP contribution in [0.3, 0.4) is 0 Å². The van der Waals surface area contributed by atoms with Gasteiger partial charge in [-0.2, -0.15) is 0 Å². The summed E-state index contributed by atoms with van der Waals surface area (Å²) in [6.07, 6.45) is 0. The average Bonchev–Trinajstić information content (AvgIpc) is 2.05. The van der Waals surface area contributed by atoms with Crippen molar-refractivity contribution in [2.75, 3.05) is 0 Å². The van der Waals surface area contributed by atoms with Gasteiger partial charge in [-0.15, -0.1) is 0 Å². The van der Waals surface area contributed by atoms with E-state index in [4.69, 9.17) is 16.5 Å². The molecule has 0 amide bonds. The Kier molecular flexibility index (Phi) is 5.63. The van der Waals surface area contributed by atoms with Gasteiger partial charge in [-0.1, -0.05) is 0 Å². The highest BCUT2D eigenvalue weighted by molar-refractivity contribution is 7.48. The summed E-state index contributed by atoms with van der Waals surface area (Å²) in [5.41, 5.74) is 0. The van der Waals surface area contributed by atoms with Crippen LogP contribution in [0.15, 0.2) is 0 Å². The van der Waals surface area contributed by atoms with Crippen LogP contribution in [0.5, 0.6) is 0 Å². The van der Waals surface area contributed by atoms with Crippen LogP contribution in [-0.4, -0.2) is 48.5 Å². The zero-order valence-electron chi connectivity index (χ0n) is 16.6. The minimum atomic E-state index is -2.29. The minimum absolute atomic E-state index is 1.66. The summed E-state index contributed by atoms with van der Waals surface area (Å²) >= 11 is 0. The molecule has 0 saturated carbocycles. The van der Waals surface area contributed by atoms with Crippen molar-refractivity contribution in [3.63, 3.8) is 0 Å². The molecule has 0 spiro atoms. The van der Waals surface area contributed by atoms with Crippen LogP contribution in [0.1, 0.15) is 0 Å². The quantitative estimate of drug-likeness (QED) is 0.639. The molecule has 22 heavy (non-hydrogen) atoms. The second-order valence-electron chi connectivity index (χ2n) is 9.55. The molecule has 0 aromatic rings. The average molecular weight is 413 g/mol. The van der Waals surface area contributed by atoms with E-state index in [1.165, 1.54) is 0 Å². The van der Waals surface area contributed by atoms with Crippen LogP contribution in [-0.2, 0) is 16.5 Å². The number of rotatable bonds is 4. The maximum atomic E-state index is 6.90. The lowest BCUT2D eigenvalue weighted by atomic mass is 11.8. The summed E-state index contributed by atoms with van der Waals surface area (Å²) in [5, 5.41) is 0. The molecule has 1 aliphatic heterocycles. The van der Waals surface area contributed by atoms with Crippen molar-refractivity contribution in [1.82, 2.24) is 0 Å². The van der Waals surface area contributed by atoms with Gasteiger partial charge in [0.15, 0.2) is 16.6 Å². The normalized spacial score (nSPS) is 35.5. The predicted octanol–water partition coefficient (Wildman–Crippen LogP) is 4.45. The Morgan fingerprint density at radius 2 is 0.773 bits per heavy atom. The Morgan fingerprint density at radius 1 is 0.545 bits per heavy atom. The molecule has 0 radical (unpaired) electrons. The Morgan fingerprint density at radius 3 is 0.955 bits per heavy atom. The minimum Gasteiger partial charge on any atom is -0.437 e. The lowest BCUT2D eigenvalue weighted by molar-refractivity contribution is 0.337. The molecule has 1 rings (SSSR count). The highest BCUT2D eigenvalue weighted by Gasteiger charge is 2.69. The van der Waals surface area contributed by atoms with Gasteiger partial charge < -0.3 is 16.5 Å². The molecule has 10 heteroatoms. The van der Waals surface area contributed by atoms with E-state index in [-0.39, 0.29) is 0 Å². The van der Waals surface area contributed by atoms with Crippen LogP contribution in [0, 0.1) is 0 Å². The van der Waals surface area contributed by atoms with Crippen molar-refractivity contribution in [3.05, 3.63) is 0 Å². The van der Waals surface area contributed by atoms with E-state index in [0.29, 0.717) is 0 Å². The molecule has 0 N–H and O–H groups in total. The molecule has 0 aromatic heterocycles. The first-order valence-corrected chi connectivity index (χ1v) is 27.4. The smallest absolute Gasteiger partial charge is 0.324 e. The first kappa shape index (κ1) is 21.2. The van der Waals surface area contributed by atoms with Gasteiger partial charge in [-0.25, -0.2) is 0 Å². The van der Waals surface area contributed by atoms with Gasteiger partial charge in [-0.3, -0.25) is 0 Å².